The van der Waals surface area contributed by atoms with Crippen LogP contribution in [-0.4, -0.2) is 5.91 Å². The van der Waals surface area contributed by atoms with Gasteiger partial charge in [0.15, 0.2) is 0 Å². The van der Waals surface area contributed by atoms with Gasteiger partial charge in [0.05, 0.1) is 0 Å². The van der Waals surface area contributed by atoms with E-state index in [1.54, 1.807) is 0 Å². The first-order chi connectivity index (χ1) is 11.5. The Labute approximate surface area is 155 Å². The number of aryl methyl sites for hydroxylation is 2. The van der Waals surface area contributed by atoms with Crippen molar-refractivity contribution in [3.63, 3.8) is 0 Å². The summed E-state index contributed by atoms with van der Waals surface area (Å²) in [5.74, 6) is -0.428. The third-order valence-electron chi connectivity index (χ3n) is 3.57. The predicted molar refractivity (Wildman–Crippen MR) is 106 cm³/mol. The molecule has 24 heavy (non-hydrogen) atoms. The van der Waals surface area contributed by atoms with E-state index in [4.69, 9.17) is 0 Å². The maximum Gasteiger partial charge on any atom is 0.267 e. The third-order valence-corrected chi connectivity index (χ3v) is 4.24. The molecule has 5 heteroatoms. The van der Waals surface area contributed by atoms with Crippen molar-refractivity contribution in [2.45, 2.75) is 20.3 Å². The normalized spacial score (nSPS) is 10.8. The highest BCUT2D eigenvalue weighted by atomic mass is 127. The van der Waals surface area contributed by atoms with Gasteiger partial charge in [0.1, 0.15) is 11.6 Å². The van der Waals surface area contributed by atoms with E-state index in [9.17, 15) is 10.1 Å². The van der Waals surface area contributed by atoms with Crippen molar-refractivity contribution < 1.29 is 4.79 Å². The van der Waals surface area contributed by atoms with Crippen LogP contribution in [-0.2, 0) is 11.2 Å². The summed E-state index contributed by atoms with van der Waals surface area (Å²) in [6.45, 7) is 3.98. The second-order valence-electron chi connectivity index (χ2n) is 5.24. The number of hydrogen-bond acceptors (Lipinski definition) is 3. The van der Waals surface area contributed by atoms with E-state index < -0.39 is 5.91 Å². The topological polar surface area (TPSA) is 64.9 Å². The number of nitrogens with one attached hydrogen (secondary N) is 2. The molecule has 122 valence electrons. The van der Waals surface area contributed by atoms with Crippen molar-refractivity contribution in [1.82, 2.24) is 0 Å². The summed E-state index contributed by atoms with van der Waals surface area (Å²) in [5, 5.41) is 15.1. The summed E-state index contributed by atoms with van der Waals surface area (Å²) in [4.78, 5) is 12.3. The van der Waals surface area contributed by atoms with Crippen LogP contribution in [0.2, 0.25) is 0 Å². The minimum absolute atomic E-state index is 0.0267. The van der Waals surface area contributed by atoms with Crippen LogP contribution in [0.5, 0.6) is 0 Å². The van der Waals surface area contributed by atoms with E-state index >= 15 is 0 Å². The summed E-state index contributed by atoms with van der Waals surface area (Å²) in [6.07, 6.45) is 2.32. The molecule has 2 aromatic rings. The van der Waals surface area contributed by atoms with Crippen LogP contribution in [0.15, 0.2) is 54.2 Å². The Balaban J connectivity index is 2.15. The maximum absolute atomic E-state index is 12.3. The molecule has 0 atom stereocenters. The fourth-order valence-electron chi connectivity index (χ4n) is 2.22. The molecule has 0 saturated carbocycles. The first-order valence-corrected chi connectivity index (χ1v) is 8.65. The number of anilines is 2. The molecule has 1 amide bonds. The fourth-order valence-corrected chi connectivity index (χ4v) is 2.87. The summed E-state index contributed by atoms with van der Waals surface area (Å²) in [5.41, 5.74) is 3.71. The van der Waals surface area contributed by atoms with E-state index in [-0.39, 0.29) is 5.57 Å². The Morgan fingerprint density at radius 1 is 1.25 bits per heavy atom. The zero-order chi connectivity index (χ0) is 17.5. The number of carbonyl (C=O) groups is 1. The van der Waals surface area contributed by atoms with Crippen molar-refractivity contribution in [2.24, 2.45) is 0 Å². The fraction of sp³-hybridized carbons (Fsp3) is 0.158. The minimum Gasteiger partial charge on any atom is -0.360 e. The Morgan fingerprint density at radius 2 is 2.00 bits per heavy atom. The summed E-state index contributed by atoms with van der Waals surface area (Å²) in [6, 6.07) is 15.5. The monoisotopic (exact) mass is 431 g/mol. The van der Waals surface area contributed by atoms with E-state index in [0.29, 0.717) is 5.69 Å². The molecule has 2 rings (SSSR count). The minimum atomic E-state index is -0.428. The number of benzene rings is 2. The lowest BCUT2D eigenvalue weighted by Gasteiger charge is -2.10. The molecule has 0 aliphatic heterocycles. The number of nitrogens with zero attached hydrogens (tertiary/aromatic N) is 1. The number of para-hydroxylation sites is 1. The number of amides is 1. The average Bonchev–Trinajstić information content (AvgIpc) is 2.58. The lowest BCUT2D eigenvalue weighted by molar-refractivity contribution is -0.112. The van der Waals surface area contributed by atoms with Crippen LogP contribution in [0.25, 0.3) is 0 Å². The maximum atomic E-state index is 12.3. The van der Waals surface area contributed by atoms with E-state index in [2.05, 4.69) is 40.1 Å². The van der Waals surface area contributed by atoms with Gasteiger partial charge in [-0.25, -0.2) is 0 Å². The second-order valence-corrected chi connectivity index (χ2v) is 6.48. The van der Waals surface area contributed by atoms with Crippen LogP contribution in [0.4, 0.5) is 11.4 Å². The van der Waals surface area contributed by atoms with Gasteiger partial charge in [0.2, 0.25) is 0 Å². The van der Waals surface area contributed by atoms with Crippen molar-refractivity contribution in [3.05, 3.63) is 68.9 Å². The zero-order valence-electron chi connectivity index (χ0n) is 13.6. The molecule has 0 unspecified atom stereocenters. The molecule has 2 N–H and O–H groups in total. The third kappa shape index (κ3) is 4.59. The molecule has 0 heterocycles. The van der Waals surface area contributed by atoms with E-state index in [1.807, 2.05) is 55.5 Å². The van der Waals surface area contributed by atoms with Gasteiger partial charge in [-0.3, -0.25) is 4.79 Å². The molecule has 4 nitrogen and oxygen atoms in total. The highest BCUT2D eigenvalue weighted by Crippen LogP contribution is 2.19. The molecular weight excluding hydrogens is 413 g/mol. The van der Waals surface area contributed by atoms with E-state index in [1.165, 1.54) is 6.20 Å². The van der Waals surface area contributed by atoms with Gasteiger partial charge >= 0.3 is 0 Å². The van der Waals surface area contributed by atoms with Crippen molar-refractivity contribution in [2.75, 3.05) is 10.6 Å². The molecule has 0 aliphatic rings. The van der Waals surface area contributed by atoms with Crippen LogP contribution in [0.1, 0.15) is 18.1 Å². The van der Waals surface area contributed by atoms with Crippen LogP contribution in [0, 0.1) is 21.8 Å². The Hall–Kier alpha value is -2.33. The lowest BCUT2D eigenvalue weighted by Crippen LogP contribution is -2.15. The Bertz CT molecular complexity index is 822. The largest absolute Gasteiger partial charge is 0.360 e. The summed E-state index contributed by atoms with van der Waals surface area (Å²) >= 11 is 2.22. The van der Waals surface area contributed by atoms with Gasteiger partial charge in [-0.05, 0) is 71.3 Å². The van der Waals surface area contributed by atoms with Gasteiger partial charge in [-0.2, -0.15) is 5.26 Å². The first kappa shape index (κ1) is 18.0. The first-order valence-electron chi connectivity index (χ1n) is 7.57. The lowest BCUT2D eigenvalue weighted by atomic mass is 10.1. The van der Waals surface area contributed by atoms with Crippen LogP contribution in [0.3, 0.4) is 0 Å². The summed E-state index contributed by atoms with van der Waals surface area (Å²) < 4.78 is 1.09. The smallest absolute Gasteiger partial charge is 0.267 e. The van der Waals surface area contributed by atoms with Gasteiger partial charge < -0.3 is 10.6 Å². The predicted octanol–water partition coefficient (Wildman–Crippen LogP) is 4.62. The Morgan fingerprint density at radius 3 is 2.67 bits per heavy atom. The average molecular weight is 431 g/mol. The number of rotatable bonds is 5. The molecule has 0 aromatic heterocycles. The van der Waals surface area contributed by atoms with Crippen LogP contribution >= 0.6 is 22.6 Å². The Kier molecular flexibility index (Phi) is 6.38. The highest BCUT2D eigenvalue weighted by molar-refractivity contribution is 14.1. The summed E-state index contributed by atoms with van der Waals surface area (Å²) in [7, 11) is 0. The zero-order valence-corrected chi connectivity index (χ0v) is 15.7. The molecule has 0 saturated heterocycles. The van der Waals surface area contributed by atoms with Crippen molar-refractivity contribution >= 4 is 39.9 Å². The number of nitriles is 1. The highest BCUT2D eigenvalue weighted by Gasteiger charge is 2.11. The SMILES string of the molecule is CCc1ccccc1N/C=C(/C#N)C(=O)Nc1ccc(I)cc1C. The number of carbonyl (C=O) groups excluding carboxylic acids is 1. The molecule has 2 aromatic carbocycles. The molecule has 0 aliphatic carbocycles. The standard InChI is InChI=1S/C19H18IN3O/c1-3-14-6-4-5-7-18(14)22-12-15(11-21)19(24)23-17-9-8-16(20)10-13(17)2/h4-10,12,22H,3H2,1-2H3,(H,23,24)/b15-12-. The van der Waals surface area contributed by atoms with Gasteiger partial charge in [0, 0.05) is 21.1 Å². The second kappa shape index (κ2) is 8.50. The van der Waals surface area contributed by atoms with Crippen molar-refractivity contribution in [1.29, 1.82) is 5.26 Å². The van der Waals surface area contributed by atoms with Gasteiger partial charge in [0.25, 0.3) is 5.91 Å². The molecule has 0 bridgehead atoms. The molecule has 0 radical (unpaired) electrons. The van der Waals surface area contributed by atoms with Gasteiger partial charge in [-0.15, -0.1) is 0 Å². The number of hydrogen-bond donors (Lipinski definition) is 2. The quantitative estimate of drug-likeness (QED) is 0.413. The molecular formula is C19H18IN3O. The number of halogens is 1. The molecule has 0 spiro atoms. The molecule has 0 fully saturated rings. The van der Waals surface area contributed by atoms with E-state index in [0.717, 1.165) is 26.8 Å². The van der Waals surface area contributed by atoms with Crippen molar-refractivity contribution in [3.8, 4) is 6.07 Å². The van der Waals surface area contributed by atoms with Crippen LogP contribution < -0.4 is 10.6 Å². The van der Waals surface area contributed by atoms with Gasteiger partial charge in [-0.1, -0.05) is 25.1 Å².